The van der Waals surface area contributed by atoms with Gasteiger partial charge in [0, 0.05) is 25.6 Å². The first-order valence-electron chi connectivity index (χ1n) is 6.71. The van der Waals surface area contributed by atoms with E-state index in [1.165, 1.54) is 12.8 Å². The largest absolute Gasteiger partial charge is 0.333 e. The average Bonchev–Trinajstić information content (AvgIpc) is 2.87. The van der Waals surface area contributed by atoms with Gasteiger partial charge in [0.15, 0.2) is 5.82 Å². The smallest absolute Gasteiger partial charge is 0.224 e. The molecule has 6 heteroatoms. The summed E-state index contributed by atoms with van der Waals surface area (Å²) in [7, 11) is 0. The normalized spacial score (nSPS) is 23.8. The van der Waals surface area contributed by atoms with Crippen molar-refractivity contribution in [3.8, 4) is 0 Å². The van der Waals surface area contributed by atoms with Gasteiger partial charge in [-0.2, -0.15) is 0 Å². The Bertz CT molecular complexity index is 424. The summed E-state index contributed by atoms with van der Waals surface area (Å²) < 4.78 is 2.02. The summed E-state index contributed by atoms with van der Waals surface area (Å²) in [4.78, 5) is 14.1. The number of amides is 1. The van der Waals surface area contributed by atoms with Crippen LogP contribution in [-0.4, -0.2) is 44.7 Å². The first-order chi connectivity index (χ1) is 8.83. The number of hydrogen-bond donors (Lipinski definition) is 1. The van der Waals surface area contributed by atoms with Gasteiger partial charge >= 0.3 is 0 Å². The lowest BCUT2D eigenvalue weighted by Gasteiger charge is -2.30. The zero-order chi connectivity index (χ0) is 12.4. The van der Waals surface area contributed by atoms with E-state index >= 15 is 0 Å². The maximum Gasteiger partial charge on any atom is 0.224 e. The SMILES string of the molecule is O=C(CC1CCCCN1)N1CCn2cnnc2C1. The summed E-state index contributed by atoms with van der Waals surface area (Å²) in [6.07, 6.45) is 5.94. The molecule has 0 bridgehead atoms. The molecule has 1 amide bonds. The van der Waals surface area contributed by atoms with Crippen LogP contribution in [0, 0.1) is 0 Å². The molecule has 0 aliphatic carbocycles. The molecule has 1 aromatic heterocycles. The Balaban J connectivity index is 1.57. The Morgan fingerprint density at radius 3 is 3.22 bits per heavy atom. The van der Waals surface area contributed by atoms with Crippen LogP contribution in [0.5, 0.6) is 0 Å². The second-order valence-electron chi connectivity index (χ2n) is 5.11. The molecule has 0 spiro atoms. The van der Waals surface area contributed by atoms with Crippen molar-refractivity contribution < 1.29 is 4.79 Å². The molecule has 1 unspecified atom stereocenters. The maximum atomic E-state index is 12.2. The van der Waals surface area contributed by atoms with E-state index in [-0.39, 0.29) is 5.91 Å². The summed E-state index contributed by atoms with van der Waals surface area (Å²) in [5.41, 5.74) is 0. The van der Waals surface area contributed by atoms with Crippen molar-refractivity contribution in [2.45, 2.75) is 44.8 Å². The van der Waals surface area contributed by atoms with Crippen LogP contribution >= 0.6 is 0 Å². The third-order valence-electron chi connectivity index (χ3n) is 3.82. The van der Waals surface area contributed by atoms with E-state index in [1.54, 1.807) is 6.33 Å². The molecule has 1 N–H and O–H groups in total. The highest BCUT2D eigenvalue weighted by atomic mass is 16.2. The predicted molar refractivity (Wildman–Crippen MR) is 65.7 cm³/mol. The Morgan fingerprint density at radius 1 is 1.44 bits per heavy atom. The summed E-state index contributed by atoms with van der Waals surface area (Å²) in [5.74, 6) is 1.13. The molecule has 3 heterocycles. The lowest BCUT2D eigenvalue weighted by molar-refractivity contribution is -0.133. The summed E-state index contributed by atoms with van der Waals surface area (Å²) in [6.45, 7) is 3.24. The van der Waals surface area contributed by atoms with Crippen LogP contribution in [0.1, 0.15) is 31.5 Å². The summed E-state index contributed by atoms with van der Waals surface area (Å²) in [5, 5.41) is 11.3. The fourth-order valence-corrected chi connectivity index (χ4v) is 2.72. The van der Waals surface area contributed by atoms with Gasteiger partial charge in [0.05, 0.1) is 6.54 Å². The molecule has 1 fully saturated rings. The van der Waals surface area contributed by atoms with Crippen LogP contribution in [0.15, 0.2) is 6.33 Å². The number of carbonyl (C=O) groups excluding carboxylic acids is 1. The van der Waals surface area contributed by atoms with Crippen molar-refractivity contribution >= 4 is 5.91 Å². The van der Waals surface area contributed by atoms with E-state index < -0.39 is 0 Å². The van der Waals surface area contributed by atoms with Gasteiger partial charge < -0.3 is 14.8 Å². The minimum atomic E-state index is 0.239. The Kier molecular flexibility index (Phi) is 3.27. The van der Waals surface area contributed by atoms with E-state index in [0.717, 1.165) is 31.9 Å². The second kappa shape index (κ2) is 5.06. The summed E-state index contributed by atoms with van der Waals surface area (Å²) >= 11 is 0. The summed E-state index contributed by atoms with van der Waals surface area (Å²) in [6, 6.07) is 0.367. The zero-order valence-electron chi connectivity index (χ0n) is 10.5. The molecule has 1 saturated heterocycles. The van der Waals surface area contributed by atoms with E-state index in [9.17, 15) is 4.79 Å². The quantitative estimate of drug-likeness (QED) is 0.810. The molecule has 2 aliphatic rings. The van der Waals surface area contributed by atoms with Gasteiger partial charge in [-0.1, -0.05) is 6.42 Å². The van der Waals surface area contributed by atoms with Gasteiger partial charge in [-0.25, -0.2) is 0 Å². The molecule has 1 atom stereocenters. The fourth-order valence-electron chi connectivity index (χ4n) is 2.72. The van der Waals surface area contributed by atoms with Crippen molar-refractivity contribution in [1.29, 1.82) is 0 Å². The van der Waals surface area contributed by atoms with Crippen LogP contribution in [0.4, 0.5) is 0 Å². The number of nitrogens with one attached hydrogen (secondary N) is 1. The van der Waals surface area contributed by atoms with E-state index in [1.807, 2.05) is 9.47 Å². The third-order valence-corrected chi connectivity index (χ3v) is 3.82. The van der Waals surface area contributed by atoms with Gasteiger partial charge in [-0.05, 0) is 19.4 Å². The maximum absolute atomic E-state index is 12.2. The number of carbonyl (C=O) groups is 1. The number of rotatable bonds is 2. The molecule has 3 rings (SSSR count). The second-order valence-corrected chi connectivity index (χ2v) is 5.11. The molecule has 0 radical (unpaired) electrons. The van der Waals surface area contributed by atoms with Gasteiger partial charge in [0.1, 0.15) is 6.33 Å². The number of fused-ring (bicyclic) bond motifs is 1. The van der Waals surface area contributed by atoms with Crippen LogP contribution in [0.25, 0.3) is 0 Å². The topological polar surface area (TPSA) is 63.1 Å². The monoisotopic (exact) mass is 249 g/mol. The standard InChI is InChI=1S/C12H19N5O/c18-12(7-10-3-1-2-4-13-10)16-5-6-17-9-14-15-11(17)8-16/h9-10,13H,1-8H2. The van der Waals surface area contributed by atoms with E-state index in [4.69, 9.17) is 0 Å². The fraction of sp³-hybridized carbons (Fsp3) is 0.750. The number of aromatic nitrogens is 3. The molecule has 98 valence electrons. The van der Waals surface area contributed by atoms with Crippen LogP contribution in [-0.2, 0) is 17.9 Å². The zero-order valence-corrected chi connectivity index (χ0v) is 10.5. The molecule has 18 heavy (non-hydrogen) atoms. The van der Waals surface area contributed by atoms with Crippen molar-refractivity contribution in [2.75, 3.05) is 13.1 Å². The van der Waals surface area contributed by atoms with Crippen molar-refractivity contribution in [1.82, 2.24) is 25.0 Å². The van der Waals surface area contributed by atoms with Gasteiger partial charge in [-0.15, -0.1) is 10.2 Å². The van der Waals surface area contributed by atoms with Crippen molar-refractivity contribution in [3.05, 3.63) is 12.2 Å². The third kappa shape index (κ3) is 2.38. The van der Waals surface area contributed by atoms with Crippen LogP contribution in [0.2, 0.25) is 0 Å². The average molecular weight is 249 g/mol. The Morgan fingerprint density at radius 2 is 2.39 bits per heavy atom. The highest BCUT2D eigenvalue weighted by Crippen LogP contribution is 2.14. The Labute approximate surface area is 106 Å². The molecule has 0 saturated carbocycles. The molecule has 2 aliphatic heterocycles. The van der Waals surface area contributed by atoms with Gasteiger partial charge in [0.25, 0.3) is 0 Å². The van der Waals surface area contributed by atoms with Gasteiger partial charge in [0.2, 0.25) is 5.91 Å². The lowest BCUT2D eigenvalue weighted by Crippen LogP contribution is -2.43. The first-order valence-corrected chi connectivity index (χ1v) is 6.71. The van der Waals surface area contributed by atoms with Crippen LogP contribution < -0.4 is 5.32 Å². The molecule has 6 nitrogen and oxygen atoms in total. The van der Waals surface area contributed by atoms with E-state index in [0.29, 0.717) is 19.0 Å². The number of nitrogens with zero attached hydrogens (tertiary/aromatic N) is 4. The van der Waals surface area contributed by atoms with Crippen LogP contribution in [0.3, 0.4) is 0 Å². The predicted octanol–water partition coefficient (Wildman–Crippen LogP) is 0.152. The molecular formula is C12H19N5O. The molecule has 0 aromatic carbocycles. The molecular weight excluding hydrogens is 230 g/mol. The Hall–Kier alpha value is -1.43. The molecule has 1 aromatic rings. The highest BCUT2D eigenvalue weighted by molar-refractivity contribution is 5.76. The highest BCUT2D eigenvalue weighted by Gasteiger charge is 2.24. The number of hydrogen-bond acceptors (Lipinski definition) is 4. The van der Waals surface area contributed by atoms with Crippen molar-refractivity contribution in [2.24, 2.45) is 0 Å². The number of piperidine rings is 1. The minimum absolute atomic E-state index is 0.239. The minimum Gasteiger partial charge on any atom is -0.333 e. The lowest BCUT2D eigenvalue weighted by atomic mass is 10.0. The van der Waals surface area contributed by atoms with Gasteiger partial charge in [-0.3, -0.25) is 4.79 Å². The van der Waals surface area contributed by atoms with Crippen molar-refractivity contribution in [3.63, 3.8) is 0 Å². The van der Waals surface area contributed by atoms with E-state index in [2.05, 4.69) is 15.5 Å². The first kappa shape index (κ1) is 11.6.